The lowest BCUT2D eigenvalue weighted by Crippen LogP contribution is -2.32. The van der Waals surface area contributed by atoms with Gasteiger partial charge in [-0.1, -0.05) is 17.7 Å². The van der Waals surface area contributed by atoms with Crippen LogP contribution in [0.2, 0.25) is 0 Å². The number of ether oxygens (including phenoxy) is 8. The summed E-state index contributed by atoms with van der Waals surface area (Å²) in [7, 11) is 4.48. The Balaban J connectivity index is 0.000000229. The van der Waals surface area contributed by atoms with E-state index < -0.39 is 33.9 Å². The molecule has 0 amide bonds. The lowest BCUT2D eigenvalue weighted by Gasteiger charge is -2.32. The second-order valence-corrected chi connectivity index (χ2v) is 18.7. The zero-order valence-electron chi connectivity index (χ0n) is 39.2. The second kappa shape index (κ2) is 20.1. The number of rotatable bonds is 15. The van der Waals surface area contributed by atoms with E-state index in [-0.39, 0.29) is 33.2 Å². The number of aryl methyl sites for hydroxylation is 3. The van der Waals surface area contributed by atoms with Gasteiger partial charge in [-0.25, -0.2) is 4.18 Å². The predicted octanol–water partition coefficient (Wildman–Crippen LogP) is 9.19. The molecule has 2 aliphatic rings. The van der Waals surface area contributed by atoms with Gasteiger partial charge in [0.25, 0.3) is 10.1 Å². The number of aliphatic hydroxyl groups excluding tert-OH is 1. The van der Waals surface area contributed by atoms with Gasteiger partial charge in [-0.3, -0.25) is 9.59 Å². The molecule has 0 aromatic heterocycles. The number of carbonyl (C=O) groups excluding carboxylic acids is 2. The molecule has 2 heterocycles. The first-order valence-corrected chi connectivity index (χ1v) is 22.7. The number of benzene rings is 5. The summed E-state index contributed by atoms with van der Waals surface area (Å²) >= 11 is 0. The fourth-order valence-corrected chi connectivity index (χ4v) is 8.77. The highest BCUT2D eigenvalue weighted by atomic mass is 32.2. The molecular weight excluding hydrogens is 869 g/mol. The van der Waals surface area contributed by atoms with Crippen LogP contribution < -0.4 is 37.9 Å². The minimum Gasteiger partial charge on any atom is -0.493 e. The molecule has 2 atom stereocenters. The first-order chi connectivity index (χ1) is 31.3. The molecule has 66 heavy (non-hydrogen) atoms. The van der Waals surface area contributed by atoms with Gasteiger partial charge in [0.2, 0.25) is 11.5 Å². The van der Waals surface area contributed by atoms with Crippen LogP contribution in [0.25, 0.3) is 0 Å². The van der Waals surface area contributed by atoms with E-state index in [9.17, 15) is 23.1 Å². The first kappa shape index (κ1) is 49.2. The zero-order valence-corrected chi connectivity index (χ0v) is 40.0. The maximum Gasteiger partial charge on any atom is 0.298 e. The minimum atomic E-state index is -4.32. The Bertz CT molecular complexity index is 2640. The molecule has 0 fully saturated rings. The Morgan fingerprint density at radius 3 is 1.39 bits per heavy atom. The summed E-state index contributed by atoms with van der Waals surface area (Å²) in [6, 6.07) is 22.8. The van der Waals surface area contributed by atoms with E-state index in [1.807, 2.05) is 34.6 Å². The van der Waals surface area contributed by atoms with Crippen LogP contribution in [0.1, 0.15) is 101 Å². The molecule has 352 valence electrons. The molecule has 0 saturated heterocycles. The van der Waals surface area contributed by atoms with Crippen LogP contribution in [0.3, 0.4) is 0 Å². The monoisotopic (exact) mass is 926 g/mol. The van der Waals surface area contributed by atoms with Gasteiger partial charge in [0.15, 0.2) is 40.7 Å². The zero-order chi connectivity index (χ0) is 48.1. The lowest BCUT2D eigenvalue weighted by atomic mass is 9.91. The Labute approximate surface area is 386 Å². The smallest absolute Gasteiger partial charge is 0.298 e. The summed E-state index contributed by atoms with van der Waals surface area (Å²) in [4.78, 5) is 26.8. The van der Waals surface area contributed by atoms with Crippen molar-refractivity contribution in [3.8, 4) is 46.0 Å². The van der Waals surface area contributed by atoms with E-state index in [4.69, 9.17) is 42.1 Å². The number of ketones is 2. The number of methoxy groups -OCH3 is 6. The summed E-state index contributed by atoms with van der Waals surface area (Å²) < 4.78 is 76.5. The molecule has 14 nitrogen and oxygen atoms in total. The summed E-state index contributed by atoms with van der Waals surface area (Å²) in [5, 5.41) is 10.7. The third kappa shape index (κ3) is 10.9. The van der Waals surface area contributed by atoms with E-state index in [0.29, 0.717) is 45.4 Å². The van der Waals surface area contributed by atoms with Crippen LogP contribution in [0.15, 0.2) is 89.8 Å². The van der Waals surface area contributed by atoms with E-state index >= 15 is 0 Å². The quantitative estimate of drug-likeness (QED) is 0.0778. The summed E-state index contributed by atoms with van der Waals surface area (Å²) in [5.74, 6) is 2.54. The van der Waals surface area contributed by atoms with Crippen molar-refractivity contribution in [3.63, 3.8) is 0 Å². The number of hydrogen-bond donors (Lipinski definition) is 1. The van der Waals surface area contributed by atoms with Gasteiger partial charge in [-0.2, -0.15) is 8.42 Å². The van der Waals surface area contributed by atoms with Crippen LogP contribution >= 0.6 is 0 Å². The van der Waals surface area contributed by atoms with Crippen LogP contribution in [-0.2, 0) is 27.1 Å². The first-order valence-electron chi connectivity index (χ1n) is 21.3. The molecule has 5 aromatic rings. The van der Waals surface area contributed by atoms with Crippen molar-refractivity contribution in [1.82, 2.24) is 0 Å². The standard InChI is InChI=1S/C29H32O8S.C22H26O6/c1-18-7-10-22(11-8-18)38(31,32)37-27(21-16-24(33-4)28(35-6)25(17-21)34-5)26(30)20-9-12-23-19(15-20)13-14-29(2,3)36-23;1-22(2)9-8-13-10-14(6-7-16(13)28-22)19(23)20(24)15-11-17(25-3)21(27-5)18(12-15)26-4/h7-12,15-17,27H,13-14H2,1-6H3;6-7,10-12,20,24H,8-9H2,1-5H3. The summed E-state index contributed by atoms with van der Waals surface area (Å²) in [5.41, 5.74) is 3.55. The maximum atomic E-state index is 13.9. The Kier molecular flexibility index (Phi) is 14.9. The molecule has 1 N–H and O–H groups in total. The minimum absolute atomic E-state index is 0.0607. The van der Waals surface area contributed by atoms with Gasteiger partial charge in [-0.05, 0) is 155 Å². The normalized spacial score (nSPS) is 15.4. The molecule has 2 aliphatic heterocycles. The largest absolute Gasteiger partial charge is 0.493 e. The average molecular weight is 927 g/mol. The fourth-order valence-electron chi connectivity index (χ4n) is 7.73. The van der Waals surface area contributed by atoms with Gasteiger partial charge < -0.3 is 43.0 Å². The number of carbonyl (C=O) groups is 2. The van der Waals surface area contributed by atoms with Crippen molar-refractivity contribution in [2.45, 2.75) is 88.6 Å². The number of hydrogen-bond acceptors (Lipinski definition) is 14. The summed E-state index contributed by atoms with van der Waals surface area (Å²) in [6.45, 7) is 9.96. The van der Waals surface area contributed by atoms with Crippen LogP contribution in [0.4, 0.5) is 0 Å². The molecule has 0 saturated carbocycles. The molecule has 0 aliphatic carbocycles. The number of aliphatic hydroxyl groups is 1. The maximum absolute atomic E-state index is 13.9. The van der Waals surface area contributed by atoms with Gasteiger partial charge >= 0.3 is 0 Å². The van der Waals surface area contributed by atoms with Gasteiger partial charge in [0.1, 0.15) is 28.8 Å². The van der Waals surface area contributed by atoms with Crippen LogP contribution in [0.5, 0.6) is 46.0 Å². The topological polar surface area (TPSA) is 172 Å². The van der Waals surface area contributed by atoms with E-state index in [0.717, 1.165) is 48.1 Å². The molecule has 2 unspecified atom stereocenters. The predicted molar refractivity (Wildman–Crippen MR) is 247 cm³/mol. The highest BCUT2D eigenvalue weighted by molar-refractivity contribution is 7.86. The van der Waals surface area contributed by atoms with Gasteiger partial charge in [0, 0.05) is 11.1 Å². The van der Waals surface area contributed by atoms with Crippen molar-refractivity contribution in [2.24, 2.45) is 0 Å². The van der Waals surface area contributed by atoms with E-state index in [1.54, 1.807) is 60.7 Å². The van der Waals surface area contributed by atoms with Gasteiger partial charge in [-0.15, -0.1) is 0 Å². The highest BCUT2D eigenvalue weighted by Gasteiger charge is 2.34. The molecule has 0 spiro atoms. The molecule has 15 heteroatoms. The third-order valence-corrected chi connectivity index (χ3v) is 12.8. The second-order valence-electron chi connectivity index (χ2n) is 17.2. The fraction of sp³-hybridized carbons (Fsp3) is 0.373. The Hall–Kier alpha value is -6.29. The Morgan fingerprint density at radius 1 is 0.576 bits per heavy atom. The van der Waals surface area contributed by atoms with Crippen LogP contribution in [0, 0.1) is 6.92 Å². The molecule has 0 radical (unpaired) electrons. The van der Waals surface area contributed by atoms with Crippen LogP contribution in [-0.4, -0.2) is 79.0 Å². The van der Waals surface area contributed by atoms with Crippen molar-refractivity contribution < 1.29 is 65.2 Å². The highest BCUT2D eigenvalue weighted by Crippen LogP contribution is 2.43. The lowest BCUT2D eigenvalue weighted by molar-refractivity contribution is 0.0743. The average Bonchev–Trinajstić information content (AvgIpc) is 3.30. The molecule has 0 bridgehead atoms. The molecular formula is C51H58O14S. The van der Waals surface area contributed by atoms with E-state index in [2.05, 4.69) is 0 Å². The van der Waals surface area contributed by atoms with Gasteiger partial charge in [0.05, 0.1) is 47.6 Å². The van der Waals surface area contributed by atoms with Crippen molar-refractivity contribution in [1.29, 1.82) is 0 Å². The molecule has 7 rings (SSSR count). The van der Waals surface area contributed by atoms with Crippen molar-refractivity contribution in [2.75, 3.05) is 42.7 Å². The third-order valence-electron chi connectivity index (χ3n) is 11.5. The molecule has 5 aromatic carbocycles. The van der Waals surface area contributed by atoms with Crippen molar-refractivity contribution >= 4 is 21.7 Å². The summed E-state index contributed by atoms with van der Waals surface area (Å²) in [6.07, 6.45) is 0.325. The van der Waals surface area contributed by atoms with Crippen molar-refractivity contribution in [3.05, 3.63) is 124 Å². The SMILES string of the molecule is COc1cc(C(O)C(=O)c2ccc3c(c2)CCC(C)(C)O3)cc(OC)c1OC.COc1cc(C(OS(=O)(=O)c2ccc(C)cc2)C(=O)c2ccc3c(c2)CCC(C)(C)O3)cc(OC)c1OC. The Morgan fingerprint density at radius 2 is 0.985 bits per heavy atom. The number of fused-ring (bicyclic) bond motifs is 2. The number of Topliss-reactive ketones (excluding diaryl/α,β-unsaturated/α-hetero) is 2. The van der Waals surface area contributed by atoms with E-state index in [1.165, 1.54) is 66.9 Å².